The molecule has 1 aliphatic rings. The van der Waals surface area contributed by atoms with Gasteiger partial charge in [-0.3, -0.25) is 0 Å². The minimum atomic E-state index is 0.253. The number of hydrogen-bond donors (Lipinski definition) is 2. The van der Waals surface area contributed by atoms with Crippen molar-refractivity contribution in [1.82, 2.24) is 10.6 Å². The summed E-state index contributed by atoms with van der Waals surface area (Å²) in [5.74, 6) is 4.30. The smallest absolute Gasteiger partial charge is 0.231 e. The minimum Gasteiger partial charge on any atom is -0.493 e. The lowest BCUT2D eigenvalue weighted by Crippen LogP contribution is -2.39. The Morgan fingerprint density at radius 2 is 1.83 bits per heavy atom. The van der Waals surface area contributed by atoms with E-state index >= 15 is 0 Å². The Balaban J connectivity index is 1.50. The molecule has 2 aromatic rings. The predicted molar refractivity (Wildman–Crippen MR) is 110 cm³/mol. The molecule has 8 nitrogen and oxygen atoms in total. The van der Waals surface area contributed by atoms with E-state index in [0.29, 0.717) is 36.9 Å². The van der Waals surface area contributed by atoms with Crippen LogP contribution in [0.15, 0.2) is 41.4 Å². The van der Waals surface area contributed by atoms with Gasteiger partial charge >= 0.3 is 0 Å². The van der Waals surface area contributed by atoms with Crippen LogP contribution in [0.3, 0.4) is 0 Å². The Kier molecular flexibility index (Phi) is 7.27. The maximum absolute atomic E-state index is 5.77. The first kappa shape index (κ1) is 20.4. The van der Waals surface area contributed by atoms with E-state index in [0.717, 1.165) is 29.6 Å². The Labute approximate surface area is 170 Å². The molecule has 0 bridgehead atoms. The molecule has 156 valence electrons. The van der Waals surface area contributed by atoms with Gasteiger partial charge in [0, 0.05) is 12.6 Å². The predicted octanol–water partition coefficient (Wildman–Crippen LogP) is 2.57. The molecule has 0 spiro atoms. The summed E-state index contributed by atoms with van der Waals surface area (Å²) in [7, 11) is 3.24. The number of methoxy groups -OCH3 is 2. The fourth-order valence-corrected chi connectivity index (χ4v) is 2.80. The molecule has 8 heteroatoms. The Morgan fingerprint density at radius 1 is 1.00 bits per heavy atom. The molecule has 0 unspecified atom stereocenters. The number of ether oxygens (including phenoxy) is 5. The van der Waals surface area contributed by atoms with Gasteiger partial charge in [-0.2, -0.15) is 0 Å². The van der Waals surface area contributed by atoms with E-state index in [9.17, 15) is 0 Å². The van der Waals surface area contributed by atoms with E-state index in [-0.39, 0.29) is 6.79 Å². The van der Waals surface area contributed by atoms with Crippen molar-refractivity contribution in [3.8, 4) is 28.7 Å². The highest BCUT2D eigenvalue weighted by atomic mass is 16.7. The second-order valence-electron chi connectivity index (χ2n) is 6.17. The molecule has 3 rings (SSSR count). The second kappa shape index (κ2) is 10.3. The maximum Gasteiger partial charge on any atom is 0.231 e. The highest BCUT2D eigenvalue weighted by Gasteiger charge is 2.13. The van der Waals surface area contributed by atoms with Crippen molar-refractivity contribution in [3.63, 3.8) is 0 Å². The topological polar surface area (TPSA) is 82.6 Å². The molecule has 0 fully saturated rings. The summed E-state index contributed by atoms with van der Waals surface area (Å²) in [6.45, 7) is 4.64. The van der Waals surface area contributed by atoms with Crippen LogP contribution in [0.4, 0.5) is 0 Å². The first-order valence-electron chi connectivity index (χ1n) is 9.49. The quantitative estimate of drug-likeness (QED) is 0.380. The molecule has 0 atom stereocenters. The molecule has 1 aliphatic heterocycles. The van der Waals surface area contributed by atoms with Crippen molar-refractivity contribution in [3.05, 3.63) is 42.0 Å². The Bertz CT molecular complexity index is 841. The van der Waals surface area contributed by atoms with Gasteiger partial charge in [-0.05, 0) is 36.8 Å². The summed E-state index contributed by atoms with van der Waals surface area (Å²) in [4.78, 5) is 4.61. The van der Waals surface area contributed by atoms with Gasteiger partial charge in [-0.25, -0.2) is 4.99 Å². The molecule has 0 saturated heterocycles. The average Bonchev–Trinajstić information content (AvgIpc) is 3.22. The molecule has 2 N–H and O–H groups in total. The van der Waals surface area contributed by atoms with Crippen LogP contribution in [0.2, 0.25) is 0 Å². The molecule has 29 heavy (non-hydrogen) atoms. The van der Waals surface area contributed by atoms with Gasteiger partial charge in [-0.1, -0.05) is 6.07 Å². The molecule has 1 heterocycles. The van der Waals surface area contributed by atoms with Gasteiger partial charge < -0.3 is 34.3 Å². The lowest BCUT2D eigenvalue weighted by atomic mass is 10.2. The van der Waals surface area contributed by atoms with Gasteiger partial charge in [0.2, 0.25) is 6.79 Å². The lowest BCUT2D eigenvalue weighted by Gasteiger charge is -2.13. The number of fused-ring (bicyclic) bond motifs is 1. The van der Waals surface area contributed by atoms with E-state index < -0.39 is 0 Å². The SMILES string of the molecule is CCNC(=NCc1ccc(OC)c(OC)c1)NCCOc1ccc2c(c1)OCO2. The third-order valence-corrected chi connectivity index (χ3v) is 4.22. The lowest BCUT2D eigenvalue weighted by molar-refractivity contribution is 0.173. The first-order valence-corrected chi connectivity index (χ1v) is 9.49. The van der Waals surface area contributed by atoms with Gasteiger partial charge in [0.1, 0.15) is 12.4 Å². The number of rotatable bonds is 9. The summed E-state index contributed by atoms with van der Waals surface area (Å²) >= 11 is 0. The summed E-state index contributed by atoms with van der Waals surface area (Å²) in [6.07, 6.45) is 0. The largest absolute Gasteiger partial charge is 0.493 e. The molecule has 0 amide bonds. The van der Waals surface area contributed by atoms with Crippen molar-refractivity contribution in [2.24, 2.45) is 4.99 Å². The normalized spacial score (nSPS) is 12.4. The Hall–Kier alpha value is -3.29. The standard InChI is InChI=1S/C21H27N3O5/c1-4-22-21(24-13-15-5-7-17(25-2)19(11-15)26-3)23-9-10-27-16-6-8-18-20(12-16)29-14-28-18/h5-8,11-12H,4,9-10,13-14H2,1-3H3,(H2,22,23,24). The zero-order valence-electron chi connectivity index (χ0n) is 17.0. The number of nitrogens with zero attached hydrogens (tertiary/aromatic N) is 1. The van der Waals surface area contributed by atoms with Crippen LogP contribution in [-0.2, 0) is 6.54 Å². The number of guanidine groups is 1. The summed E-state index contributed by atoms with van der Waals surface area (Å²) in [5.41, 5.74) is 1.02. The van der Waals surface area contributed by atoms with Gasteiger partial charge in [0.25, 0.3) is 0 Å². The molecule has 0 saturated carbocycles. The minimum absolute atomic E-state index is 0.253. The average molecular weight is 401 g/mol. The van der Waals surface area contributed by atoms with Crippen LogP contribution in [0.25, 0.3) is 0 Å². The van der Waals surface area contributed by atoms with Crippen molar-refractivity contribution in [2.45, 2.75) is 13.5 Å². The van der Waals surface area contributed by atoms with Crippen molar-refractivity contribution in [1.29, 1.82) is 0 Å². The van der Waals surface area contributed by atoms with E-state index in [4.69, 9.17) is 23.7 Å². The van der Waals surface area contributed by atoms with E-state index in [2.05, 4.69) is 15.6 Å². The molecule has 0 aromatic heterocycles. The second-order valence-corrected chi connectivity index (χ2v) is 6.17. The fourth-order valence-electron chi connectivity index (χ4n) is 2.80. The fraction of sp³-hybridized carbons (Fsp3) is 0.381. The van der Waals surface area contributed by atoms with E-state index in [1.54, 1.807) is 14.2 Å². The van der Waals surface area contributed by atoms with E-state index in [1.165, 1.54) is 0 Å². The van der Waals surface area contributed by atoms with Crippen molar-refractivity contribution < 1.29 is 23.7 Å². The van der Waals surface area contributed by atoms with Crippen LogP contribution >= 0.6 is 0 Å². The van der Waals surface area contributed by atoms with Gasteiger partial charge in [0.15, 0.2) is 29.0 Å². The molecular weight excluding hydrogens is 374 g/mol. The summed E-state index contributed by atoms with van der Waals surface area (Å²) in [5, 5.41) is 6.49. The zero-order valence-corrected chi connectivity index (χ0v) is 17.0. The number of aliphatic imine (C=N–C) groups is 1. The van der Waals surface area contributed by atoms with Crippen LogP contribution in [0, 0.1) is 0 Å². The number of hydrogen-bond acceptors (Lipinski definition) is 6. The van der Waals surface area contributed by atoms with Crippen LogP contribution in [0.5, 0.6) is 28.7 Å². The zero-order chi connectivity index (χ0) is 20.5. The molecule has 0 radical (unpaired) electrons. The number of benzene rings is 2. The highest BCUT2D eigenvalue weighted by molar-refractivity contribution is 5.79. The van der Waals surface area contributed by atoms with Gasteiger partial charge in [0.05, 0.1) is 27.3 Å². The third kappa shape index (κ3) is 5.60. The Morgan fingerprint density at radius 3 is 2.62 bits per heavy atom. The van der Waals surface area contributed by atoms with Gasteiger partial charge in [-0.15, -0.1) is 0 Å². The molecular formula is C21H27N3O5. The van der Waals surface area contributed by atoms with Crippen molar-refractivity contribution in [2.75, 3.05) is 40.7 Å². The van der Waals surface area contributed by atoms with Crippen molar-refractivity contribution >= 4 is 5.96 Å². The van der Waals surface area contributed by atoms with E-state index in [1.807, 2.05) is 43.3 Å². The van der Waals surface area contributed by atoms with Crippen LogP contribution in [0.1, 0.15) is 12.5 Å². The maximum atomic E-state index is 5.77. The summed E-state index contributed by atoms with van der Waals surface area (Å²) < 4.78 is 27.0. The summed E-state index contributed by atoms with van der Waals surface area (Å²) in [6, 6.07) is 11.3. The first-order chi connectivity index (χ1) is 14.2. The number of nitrogens with one attached hydrogen (secondary N) is 2. The van der Waals surface area contributed by atoms with Crippen LogP contribution < -0.4 is 34.3 Å². The third-order valence-electron chi connectivity index (χ3n) is 4.22. The highest BCUT2D eigenvalue weighted by Crippen LogP contribution is 2.35. The molecule has 0 aliphatic carbocycles. The van der Waals surface area contributed by atoms with Crippen LogP contribution in [-0.4, -0.2) is 46.7 Å². The molecule has 2 aromatic carbocycles. The monoisotopic (exact) mass is 401 g/mol.